The van der Waals surface area contributed by atoms with Crippen LogP contribution in [0.2, 0.25) is 0 Å². The van der Waals surface area contributed by atoms with E-state index in [1.807, 2.05) is 0 Å². The molecule has 0 radical (unpaired) electrons. The number of carbonyl (C=O) groups is 1. The van der Waals surface area contributed by atoms with Crippen LogP contribution in [0.1, 0.15) is 30.1 Å². The van der Waals surface area contributed by atoms with E-state index < -0.39 is 34.9 Å². The van der Waals surface area contributed by atoms with Gasteiger partial charge in [-0.1, -0.05) is 30.3 Å². The van der Waals surface area contributed by atoms with Crippen LogP contribution in [-0.4, -0.2) is 26.1 Å². The first-order chi connectivity index (χ1) is 12.1. The van der Waals surface area contributed by atoms with Crippen molar-refractivity contribution in [2.24, 2.45) is 0 Å². The van der Waals surface area contributed by atoms with Gasteiger partial charge in [0.05, 0.1) is 5.75 Å². The zero-order chi connectivity index (χ0) is 19.4. The highest BCUT2D eigenvalue weighted by molar-refractivity contribution is 7.87. The van der Waals surface area contributed by atoms with Crippen molar-refractivity contribution in [1.29, 1.82) is 0 Å². The van der Waals surface area contributed by atoms with Crippen molar-refractivity contribution in [3.63, 3.8) is 0 Å². The van der Waals surface area contributed by atoms with Gasteiger partial charge in [-0.2, -0.15) is 21.6 Å². The molecule has 0 fully saturated rings. The molecule has 0 N–H and O–H groups in total. The van der Waals surface area contributed by atoms with Crippen LogP contribution < -0.4 is 4.18 Å². The maximum Gasteiger partial charge on any atom is 0.389 e. The van der Waals surface area contributed by atoms with Gasteiger partial charge in [-0.05, 0) is 42.7 Å². The Kier molecular flexibility index (Phi) is 6.07. The van der Waals surface area contributed by atoms with Gasteiger partial charge in [-0.3, -0.25) is 4.79 Å². The summed E-state index contributed by atoms with van der Waals surface area (Å²) in [5.41, 5.74) is 1.82. The van der Waals surface area contributed by atoms with E-state index in [0.29, 0.717) is 16.7 Å². The molecule has 2 aromatic rings. The van der Waals surface area contributed by atoms with Crippen LogP contribution in [0.4, 0.5) is 13.2 Å². The highest BCUT2D eigenvalue weighted by atomic mass is 32.2. The van der Waals surface area contributed by atoms with Crippen molar-refractivity contribution in [1.82, 2.24) is 0 Å². The van der Waals surface area contributed by atoms with Crippen molar-refractivity contribution in [2.45, 2.75) is 25.9 Å². The number of hydrogen-bond donors (Lipinski definition) is 0. The quantitative estimate of drug-likeness (QED) is 0.515. The lowest BCUT2D eigenvalue weighted by Gasteiger charge is -2.10. The molecule has 2 rings (SSSR count). The molecule has 0 amide bonds. The zero-order valence-corrected chi connectivity index (χ0v) is 14.7. The molecular formula is C18H17F3O4S. The third-order valence-electron chi connectivity index (χ3n) is 3.51. The molecule has 4 nitrogen and oxygen atoms in total. The van der Waals surface area contributed by atoms with Gasteiger partial charge in [0.25, 0.3) is 0 Å². The second-order valence-electron chi connectivity index (χ2n) is 5.73. The molecule has 0 unspecified atom stereocenters. The number of hydrogen-bond acceptors (Lipinski definition) is 4. The predicted octanol–water partition coefficient (Wildman–Crippen LogP) is 4.61. The molecule has 0 heterocycles. The minimum absolute atomic E-state index is 0.00253. The van der Waals surface area contributed by atoms with Crippen molar-refractivity contribution in [2.75, 3.05) is 5.75 Å². The molecule has 0 atom stereocenters. The van der Waals surface area contributed by atoms with Crippen molar-refractivity contribution in [3.8, 4) is 16.9 Å². The van der Waals surface area contributed by atoms with Crippen molar-refractivity contribution < 1.29 is 30.6 Å². The van der Waals surface area contributed by atoms with E-state index in [2.05, 4.69) is 0 Å². The largest absolute Gasteiger partial charge is 0.389 e. The van der Waals surface area contributed by atoms with Gasteiger partial charge in [-0.15, -0.1) is 0 Å². The fourth-order valence-electron chi connectivity index (χ4n) is 2.28. The molecule has 8 heteroatoms. The molecule has 0 aromatic heterocycles. The third-order valence-corrected chi connectivity index (χ3v) is 4.75. The summed E-state index contributed by atoms with van der Waals surface area (Å²) in [6.45, 7) is 1.44. The number of ketones is 1. The second kappa shape index (κ2) is 7.90. The SMILES string of the molecule is CC(=O)c1cccc(-c2cccc(OS(=O)(=O)CCCC(F)(F)F)c2)c1. The lowest BCUT2D eigenvalue weighted by atomic mass is 10.0. The van der Waals surface area contributed by atoms with Crippen molar-refractivity contribution >= 4 is 15.9 Å². The summed E-state index contributed by atoms with van der Waals surface area (Å²) in [5, 5.41) is 0. The highest BCUT2D eigenvalue weighted by Gasteiger charge is 2.27. The Morgan fingerprint density at radius 2 is 1.65 bits per heavy atom. The zero-order valence-electron chi connectivity index (χ0n) is 13.9. The number of halogens is 3. The van der Waals surface area contributed by atoms with E-state index in [1.165, 1.54) is 19.1 Å². The van der Waals surface area contributed by atoms with E-state index in [-0.39, 0.29) is 11.5 Å². The fourth-order valence-corrected chi connectivity index (χ4v) is 3.26. The second-order valence-corrected chi connectivity index (χ2v) is 7.42. The summed E-state index contributed by atoms with van der Waals surface area (Å²) in [6, 6.07) is 12.9. The van der Waals surface area contributed by atoms with Crippen LogP contribution in [0.25, 0.3) is 11.1 Å². The molecule has 0 spiro atoms. The Labute approximate surface area is 149 Å². The van der Waals surface area contributed by atoms with E-state index in [0.717, 1.165) is 0 Å². The summed E-state index contributed by atoms with van der Waals surface area (Å²) in [7, 11) is -4.13. The van der Waals surface area contributed by atoms with Gasteiger partial charge in [-0.25, -0.2) is 0 Å². The topological polar surface area (TPSA) is 60.4 Å². The van der Waals surface area contributed by atoms with Gasteiger partial charge >= 0.3 is 16.3 Å². The fraction of sp³-hybridized carbons (Fsp3) is 0.278. The van der Waals surface area contributed by atoms with Gasteiger partial charge in [0, 0.05) is 12.0 Å². The highest BCUT2D eigenvalue weighted by Crippen LogP contribution is 2.26. The first-order valence-corrected chi connectivity index (χ1v) is 9.34. The van der Waals surface area contributed by atoms with Crippen LogP contribution in [0, 0.1) is 0 Å². The number of alkyl halides is 3. The Balaban J connectivity index is 2.14. The summed E-state index contributed by atoms with van der Waals surface area (Å²) in [4.78, 5) is 11.5. The molecule has 0 aliphatic heterocycles. The molecule has 0 saturated heterocycles. The Bertz CT molecular complexity index is 889. The summed E-state index contributed by atoms with van der Waals surface area (Å²) in [6.07, 6.45) is -6.16. The van der Waals surface area contributed by atoms with E-state index in [9.17, 15) is 26.4 Å². The molecule has 2 aromatic carbocycles. The van der Waals surface area contributed by atoms with E-state index in [1.54, 1.807) is 36.4 Å². The Hall–Kier alpha value is -2.35. The normalized spacial score (nSPS) is 12.0. The smallest absolute Gasteiger partial charge is 0.382 e. The van der Waals surface area contributed by atoms with Gasteiger partial charge in [0.15, 0.2) is 5.78 Å². The summed E-state index contributed by atoms with van der Waals surface area (Å²) in [5.74, 6) is -0.828. The summed E-state index contributed by atoms with van der Waals surface area (Å²) < 4.78 is 65.0. The van der Waals surface area contributed by atoms with Gasteiger partial charge in [0.1, 0.15) is 5.75 Å². The first-order valence-electron chi connectivity index (χ1n) is 7.76. The van der Waals surface area contributed by atoms with Crippen LogP contribution in [-0.2, 0) is 10.1 Å². The molecule has 0 saturated carbocycles. The van der Waals surface area contributed by atoms with E-state index in [4.69, 9.17) is 4.18 Å². The van der Waals surface area contributed by atoms with Gasteiger partial charge in [0.2, 0.25) is 0 Å². The third kappa shape index (κ3) is 6.18. The molecule has 0 aliphatic carbocycles. The maximum absolute atomic E-state index is 12.1. The van der Waals surface area contributed by atoms with Crippen LogP contribution in [0.3, 0.4) is 0 Å². The minimum Gasteiger partial charge on any atom is -0.382 e. The standard InChI is InChI=1S/C18H17F3O4S/c1-13(22)14-5-2-6-15(11-14)16-7-3-8-17(12-16)25-26(23,24)10-4-9-18(19,20)21/h2-3,5-8,11-12H,4,9-10H2,1H3. The lowest BCUT2D eigenvalue weighted by Crippen LogP contribution is -2.16. The number of Topliss-reactive ketones (excluding diaryl/α,β-unsaturated/α-hetero) is 1. The number of rotatable bonds is 7. The van der Waals surface area contributed by atoms with Crippen LogP contribution >= 0.6 is 0 Å². The molecule has 0 bridgehead atoms. The minimum atomic E-state index is -4.41. The van der Waals surface area contributed by atoms with Gasteiger partial charge < -0.3 is 4.18 Å². The lowest BCUT2D eigenvalue weighted by molar-refractivity contribution is -0.134. The monoisotopic (exact) mass is 386 g/mol. The van der Waals surface area contributed by atoms with Crippen LogP contribution in [0.15, 0.2) is 48.5 Å². The van der Waals surface area contributed by atoms with E-state index >= 15 is 0 Å². The Morgan fingerprint density at radius 3 is 2.27 bits per heavy atom. The molecule has 0 aliphatic rings. The van der Waals surface area contributed by atoms with Crippen LogP contribution in [0.5, 0.6) is 5.75 Å². The maximum atomic E-state index is 12.1. The number of benzene rings is 2. The molecule has 26 heavy (non-hydrogen) atoms. The average molecular weight is 386 g/mol. The predicted molar refractivity (Wildman–Crippen MR) is 91.6 cm³/mol. The first kappa shape index (κ1) is 20.0. The molecule has 140 valence electrons. The number of carbonyl (C=O) groups excluding carboxylic acids is 1. The summed E-state index contributed by atoms with van der Waals surface area (Å²) >= 11 is 0. The average Bonchev–Trinajstić information content (AvgIpc) is 2.53. The Morgan fingerprint density at radius 1 is 1.04 bits per heavy atom. The molecular weight excluding hydrogens is 369 g/mol. The van der Waals surface area contributed by atoms with Crippen molar-refractivity contribution in [3.05, 3.63) is 54.1 Å².